The fraction of sp³-hybridized carbons (Fsp3) is 0.400. The van der Waals surface area contributed by atoms with E-state index in [2.05, 4.69) is 29.6 Å². The first-order valence-corrected chi connectivity index (χ1v) is 5.46. The summed E-state index contributed by atoms with van der Waals surface area (Å²) in [5.74, 6) is 1.08. The molecule has 1 heterocycles. The van der Waals surface area contributed by atoms with Gasteiger partial charge in [0.25, 0.3) is 0 Å². The van der Waals surface area contributed by atoms with E-state index in [1.54, 1.807) is 0 Å². The third-order valence-electron chi connectivity index (χ3n) is 2.20. The highest BCUT2D eigenvalue weighted by Crippen LogP contribution is 2.37. The number of fused-ring (bicyclic) bond motifs is 1. The summed E-state index contributed by atoms with van der Waals surface area (Å²) in [5, 5.41) is 12.0. The first-order chi connectivity index (χ1) is 6.42. The lowest BCUT2D eigenvalue weighted by Crippen LogP contribution is -2.24. The second kappa shape index (κ2) is 4.13. The van der Waals surface area contributed by atoms with Crippen molar-refractivity contribution in [3.8, 4) is 0 Å². The van der Waals surface area contributed by atoms with Gasteiger partial charge in [-0.05, 0) is 11.6 Å². The van der Waals surface area contributed by atoms with Crippen molar-refractivity contribution in [2.24, 2.45) is 0 Å². The van der Waals surface area contributed by atoms with E-state index in [0.717, 1.165) is 5.75 Å². The molecule has 2 N–H and O–H groups in total. The Morgan fingerprint density at radius 1 is 1.46 bits per heavy atom. The van der Waals surface area contributed by atoms with Crippen LogP contribution in [0.25, 0.3) is 0 Å². The van der Waals surface area contributed by atoms with Crippen molar-refractivity contribution < 1.29 is 5.11 Å². The van der Waals surface area contributed by atoms with Crippen molar-refractivity contribution in [1.29, 1.82) is 0 Å². The molecule has 0 fully saturated rings. The molecule has 0 aliphatic carbocycles. The van der Waals surface area contributed by atoms with Crippen molar-refractivity contribution in [3.63, 3.8) is 0 Å². The third-order valence-corrected chi connectivity index (χ3v) is 3.39. The van der Waals surface area contributed by atoms with Crippen molar-refractivity contribution >= 4 is 11.8 Å². The number of thioether (sulfide) groups is 1. The predicted molar refractivity (Wildman–Crippen MR) is 55.0 cm³/mol. The molecule has 3 heteroatoms. The maximum absolute atomic E-state index is 8.71. The topological polar surface area (TPSA) is 32.3 Å². The van der Waals surface area contributed by atoms with Crippen LogP contribution in [0.15, 0.2) is 29.2 Å². The van der Waals surface area contributed by atoms with Crippen LogP contribution in [0.4, 0.5) is 0 Å². The summed E-state index contributed by atoms with van der Waals surface area (Å²) in [7, 11) is 0. The molecule has 0 saturated carbocycles. The van der Waals surface area contributed by atoms with E-state index in [9.17, 15) is 0 Å². The van der Waals surface area contributed by atoms with Gasteiger partial charge >= 0.3 is 0 Å². The van der Waals surface area contributed by atoms with Gasteiger partial charge in [0, 0.05) is 23.2 Å². The Labute approximate surface area is 82.4 Å². The van der Waals surface area contributed by atoms with Crippen molar-refractivity contribution in [2.75, 3.05) is 18.9 Å². The van der Waals surface area contributed by atoms with Crippen LogP contribution in [-0.4, -0.2) is 24.0 Å². The minimum Gasteiger partial charge on any atom is -0.395 e. The zero-order chi connectivity index (χ0) is 9.10. The van der Waals surface area contributed by atoms with Gasteiger partial charge < -0.3 is 10.4 Å². The molecule has 0 bridgehead atoms. The molecule has 0 spiro atoms. The predicted octanol–water partition coefficient (Wildman–Crippen LogP) is 1.42. The Bertz CT molecular complexity index is 290. The van der Waals surface area contributed by atoms with E-state index in [0.29, 0.717) is 12.6 Å². The molecular formula is C10H13NOS. The maximum atomic E-state index is 8.71. The Balaban J connectivity index is 2.09. The van der Waals surface area contributed by atoms with E-state index in [-0.39, 0.29) is 6.61 Å². The van der Waals surface area contributed by atoms with E-state index in [4.69, 9.17) is 5.11 Å². The van der Waals surface area contributed by atoms with Crippen LogP contribution in [0.5, 0.6) is 0 Å². The lowest BCUT2D eigenvalue weighted by molar-refractivity contribution is 0.287. The lowest BCUT2D eigenvalue weighted by Gasteiger charge is -2.11. The maximum Gasteiger partial charge on any atom is 0.0556 e. The number of nitrogens with one attached hydrogen (secondary N) is 1. The van der Waals surface area contributed by atoms with Gasteiger partial charge in [0.05, 0.1) is 6.61 Å². The summed E-state index contributed by atoms with van der Waals surface area (Å²) in [6, 6.07) is 8.87. The number of aliphatic hydroxyl groups excluding tert-OH is 1. The van der Waals surface area contributed by atoms with Gasteiger partial charge in [-0.2, -0.15) is 0 Å². The summed E-state index contributed by atoms with van der Waals surface area (Å²) in [4.78, 5) is 1.37. The van der Waals surface area contributed by atoms with E-state index in [1.165, 1.54) is 10.5 Å². The summed E-state index contributed by atoms with van der Waals surface area (Å²) in [6.45, 7) is 0.892. The van der Waals surface area contributed by atoms with Crippen molar-refractivity contribution in [2.45, 2.75) is 10.9 Å². The monoisotopic (exact) mass is 195 g/mol. The summed E-state index contributed by atoms with van der Waals surface area (Å²) < 4.78 is 0. The van der Waals surface area contributed by atoms with Gasteiger partial charge in [-0.15, -0.1) is 11.8 Å². The summed E-state index contributed by atoms with van der Waals surface area (Å²) in [6.07, 6.45) is 0. The molecule has 1 unspecified atom stereocenters. The number of hydrogen-bond donors (Lipinski definition) is 2. The first kappa shape index (κ1) is 9.06. The zero-order valence-electron chi connectivity index (χ0n) is 7.36. The molecule has 2 rings (SSSR count). The smallest absolute Gasteiger partial charge is 0.0556 e. The van der Waals surface area contributed by atoms with Crippen LogP contribution in [0, 0.1) is 0 Å². The molecule has 1 aromatic rings. The Morgan fingerprint density at radius 2 is 2.31 bits per heavy atom. The SMILES string of the molecule is OCCNC1CSc2ccccc21. The average molecular weight is 195 g/mol. The normalized spacial score (nSPS) is 20.2. The molecule has 0 saturated heterocycles. The molecule has 1 aromatic carbocycles. The van der Waals surface area contributed by atoms with Gasteiger partial charge in [-0.25, -0.2) is 0 Å². The Hall–Kier alpha value is -0.510. The largest absolute Gasteiger partial charge is 0.395 e. The van der Waals surface area contributed by atoms with Gasteiger partial charge in [-0.3, -0.25) is 0 Å². The van der Waals surface area contributed by atoms with Crippen LogP contribution >= 0.6 is 11.8 Å². The van der Waals surface area contributed by atoms with Crippen molar-refractivity contribution in [1.82, 2.24) is 5.32 Å². The Morgan fingerprint density at radius 3 is 3.15 bits per heavy atom. The second-order valence-corrected chi connectivity index (χ2v) is 4.14. The van der Waals surface area contributed by atoms with Gasteiger partial charge in [0.1, 0.15) is 0 Å². The fourth-order valence-corrected chi connectivity index (χ4v) is 2.77. The van der Waals surface area contributed by atoms with Gasteiger partial charge in [0.15, 0.2) is 0 Å². The molecule has 0 radical (unpaired) electrons. The molecule has 1 atom stereocenters. The Kier molecular flexibility index (Phi) is 2.88. The molecule has 0 amide bonds. The molecule has 70 valence electrons. The first-order valence-electron chi connectivity index (χ1n) is 4.48. The van der Waals surface area contributed by atoms with Gasteiger partial charge in [-0.1, -0.05) is 18.2 Å². The highest BCUT2D eigenvalue weighted by Gasteiger charge is 2.21. The van der Waals surface area contributed by atoms with Crippen LogP contribution in [0.1, 0.15) is 11.6 Å². The number of hydrogen-bond acceptors (Lipinski definition) is 3. The number of benzene rings is 1. The third kappa shape index (κ3) is 1.88. The number of aliphatic hydroxyl groups is 1. The quantitative estimate of drug-likeness (QED) is 0.765. The summed E-state index contributed by atoms with van der Waals surface area (Å²) >= 11 is 1.88. The highest BCUT2D eigenvalue weighted by atomic mass is 32.2. The van der Waals surface area contributed by atoms with E-state index in [1.807, 2.05) is 11.8 Å². The average Bonchev–Trinajstić information content (AvgIpc) is 2.58. The van der Waals surface area contributed by atoms with E-state index < -0.39 is 0 Å². The second-order valence-electron chi connectivity index (χ2n) is 3.08. The van der Waals surface area contributed by atoms with Crippen molar-refractivity contribution in [3.05, 3.63) is 29.8 Å². The molecule has 1 aliphatic heterocycles. The standard InChI is InChI=1S/C10H13NOS/c12-6-5-11-9-7-13-10-4-2-1-3-8(9)10/h1-4,9,11-12H,5-7H2. The highest BCUT2D eigenvalue weighted by molar-refractivity contribution is 7.99. The van der Waals surface area contributed by atoms with Crippen LogP contribution < -0.4 is 5.32 Å². The minimum absolute atomic E-state index is 0.212. The summed E-state index contributed by atoms with van der Waals surface area (Å²) in [5.41, 5.74) is 1.38. The molecule has 2 nitrogen and oxygen atoms in total. The van der Waals surface area contributed by atoms with E-state index >= 15 is 0 Å². The van der Waals surface area contributed by atoms with Gasteiger partial charge in [0.2, 0.25) is 0 Å². The molecular weight excluding hydrogens is 182 g/mol. The zero-order valence-corrected chi connectivity index (χ0v) is 8.18. The lowest BCUT2D eigenvalue weighted by atomic mass is 10.1. The number of rotatable bonds is 3. The molecule has 1 aliphatic rings. The van der Waals surface area contributed by atoms with Crippen LogP contribution in [0.3, 0.4) is 0 Å². The molecule has 13 heavy (non-hydrogen) atoms. The molecule has 0 aromatic heterocycles. The minimum atomic E-state index is 0.212. The van der Waals surface area contributed by atoms with Crippen LogP contribution in [-0.2, 0) is 0 Å². The van der Waals surface area contributed by atoms with Crippen LogP contribution in [0.2, 0.25) is 0 Å². The fourth-order valence-electron chi connectivity index (χ4n) is 1.57.